The third kappa shape index (κ3) is 3.91. The average molecular weight is 285 g/mol. The lowest BCUT2D eigenvalue weighted by atomic mass is 10.3. The summed E-state index contributed by atoms with van der Waals surface area (Å²) in [6.45, 7) is 3.30. The van der Waals surface area contributed by atoms with Gasteiger partial charge in [-0.2, -0.15) is 5.10 Å². The third-order valence-corrected chi connectivity index (χ3v) is 2.67. The second-order valence-electron chi connectivity index (χ2n) is 4.06. The molecule has 0 amide bonds. The highest BCUT2D eigenvalue weighted by molar-refractivity contribution is 5.46. The molecule has 0 unspecified atom stereocenters. The van der Waals surface area contributed by atoms with E-state index in [-0.39, 0.29) is 5.75 Å². The molecule has 1 heterocycles. The van der Waals surface area contributed by atoms with Crippen molar-refractivity contribution in [2.24, 2.45) is 0 Å². The van der Waals surface area contributed by atoms with Gasteiger partial charge < -0.3 is 10.1 Å². The molecule has 0 atom stereocenters. The molecule has 0 fully saturated rings. The van der Waals surface area contributed by atoms with Crippen LogP contribution in [0, 0.1) is 0 Å². The minimum atomic E-state index is -4.66. The second kappa shape index (κ2) is 5.85. The summed E-state index contributed by atoms with van der Waals surface area (Å²) in [5, 5.41) is 7.25. The fourth-order valence-electron chi connectivity index (χ4n) is 1.76. The Balaban J connectivity index is 1.94. The Kier molecular flexibility index (Phi) is 4.16. The van der Waals surface area contributed by atoms with Gasteiger partial charge in [-0.3, -0.25) is 4.68 Å². The summed E-state index contributed by atoms with van der Waals surface area (Å²) in [6, 6.07) is 7.50. The molecule has 1 aromatic carbocycles. The Morgan fingerprint density at radius 3 is 2.50 bits per heavy atom. The van der Waals surface area contributed by atoms with Crippen molar-refractivity contribution in [1.82, 2.24) is 9.78 Å². The van der Waals surface area contributed by atoms with E-state index >= 15 is 0 Å². The summed E-state index contributed by atoms with van der Waals surface area (Å²) in [5.41, 5.74) is 1.71. The van der Waals surface area contributed by atoms with Crippen molar-refractivity contribution in [3.63, 3.8) is 0 Å². The van der Waals surface area contributed by atoms with Crippen LogP contribution in [0.3, 0.4) is 0 Å². The Morgan fingerprint density at radius 2 is 1.90 bits per heavy atom. The summed E-state index contributed by atoms with van der Waals surface area (Å²) in [7, 11) is 0. The molecule has 1 aromatic heterocycles. The van der Waals surface area contributed by atoms with Gasteiger partial charge in [-0.1, -0.05) is 0 Å². The highest BCUT2D eigenvalue weighted by Gasteiger charge is 2.30. The van der Waals surface area contributed by atoms with Crippen molar-refractivity contribution >= 4 is 5.69 Å². The van der Waals surface area contributed by atoms with Gasteiger partial charge in [0.25, 0.3) is 0 Å². The molecule has 0 aliphatic heterocycles. The molecule has 2 aromatic rings. The van der Waals surface area contributed by atoms with E-state index in [0.717, 1.165) is 12.2 Å². The van der Waals surface area contributed by atoms with Gasteiger partial charge in [0.1, 0.15) is 5.75 Å². The van der Waals surface area contributed by atoms with Crippen LogP contribution in [0.5, 0.6) is 5.75 Å². The number of nitrogens with zero attached hydrogens (tertiary/aromatic N) is 2. The van der Waals surface area contributed by atoms with Crippen molar-refractivity contribution in [1.29, 1.82) is 0 Å². The Labute approximate surface area is 114 Å². The van der Waals surface area contributed by atoms with Crippen LogP contribution in [0.25, 0.3) is 0 Å². The second-order valence-corrected chi connectivity index (χ2v) is 4.06. The van der Waals surface area contributed by atoms with Crippen LogP contribution in [0.2, 0.25) is 0 Å². The van der Waals surface area contributed by atoms with Gasteiger partial charge >= 0.3 is 6.36 Å². The monoisotopic (exact) mass is 285 g/mol. The molecule has 4 nitrogen and oxygen atoms in total. The molecule has 20 heavy (non-hydrogen) atoms. The Hall–Kier alpha value is -2.18. The van der Waals surface area contributed by atoms with Crippen LogP contribution in [-0.4, -0.2) is 16.1 Å². The van der Waals surface area contributed by atoms with E-state index < -0.39 is 6.36 Å². The zero-order valence-corrected chi connectivity index (χ0v) is 10.8. The molecule has 7 heteroatoms. The van der Waals surface area contributed by atoms with Crippen molar-refractivity contribution in [3.8, 4) is 5.75 Å². The number of halogens is 3. The number of aromatic nitrogens is 2. The van der Waals surface area contributed by atoms with E-state index in [1.54, 1.807) is 6.20 Å². The zero-order chi connectivity index (χ0) is 14.6. The molecule has 108 valence electrons. The summed E-state index contributed by atoms with van der Waals surface area (Å²) >= 11 is 0. The lowest BCUT2D eigenvalue weighted by Crippen LogP contribution is -2.17. The first-order valence-corrected chi connectivity index (χ1v) is 6.08. The predicted molar refractivity (Wildman–Crippen MR) is 68.4 cm³/mol. The molecule has 1 N–H and O–H groups in total. The normalized spacial score (nSPS) is 11.4. The van der Waals surface area contributed by atoms with Gasteiger partial charge in [0, 0.05) is 18.4 Å². The molecule has 0 saturated heterocycles. The zero-order valence-electron chi connectivity index (χ0n) is 10.8. The fraction of sp³-hybridized carbons (Fsp3) is 0.308. The molecule has 0 aliphatic carbocycles. The van der Waals surface area contributed by atoms with Gasteiger partial charge in [-0.15, -0.1) is 13.2 Å². The van der Waals surface area contributed by atoms with Crippen LogP contribution in [0.15, 0.2) is 36.5 Å². The van der Waals surface area contributed by atoms with E-state index in [9.17, 15) is 13.2 Å². The van der Waals surface area contributed by atoms with Crippen LogP contribution >= 0.6 is 0 Å². The maximum Gasteiger partial charge on any atom is 0.573 e. The molecule has 2 rings (SSSR count). The minimum absolute atomic E-state index is 0.235. The third-order valence-electron chi connectivity index (χ3n) is 2.67. The Bertz CT molecular complexity index is 549. The van der Waals surface area contributed by atoms with Crippen LogP contribution < -0.4 is 10.1 Å². The van der Waals surface area contributed by atoms with Gasteiger partial charge in [0.05, 0.1) is 12.2 Å². The maximum atomic E-state index is 12.0. The molecular weight excluding hydrogens is 271 g/mol. The number of anilines is 1. The van der Waals surface area contributed by atoms with Gasteiger partial charge in [-0.25, -0.2) is 0 Å². The highest BCUT2D eigenvalue weighted by atomic mass is 19.4. The molecule has 0 spiro atoms. The number of hydrogen-bond donors (Lipinski definition) is 1. The predicted octanol–water partition coefficient (Wildman–Crippen LogP) is 3.41. The number of benzene rings is 1. The number of nitrogens with one attached hydrogen (secondary N) is 1. The van der Waals surface area contributed by atoms with E-state index in [1.165, 1.54) is 24.3 Å². The van der Waals surface area contributed by atoms with Crippen molar-refractivity contribution in [2.75, 3.05) is 5.32 Å². The maximum absolute atomic E-state index is 12.0. The van der Waals surface area contributed by atoms with Crippen LogP contribution in [-0.2, 0) is 13.1 Å². The SMILES string of the molecule is CCn1nccc1CNc1ccc(OC(F)(F)F)cc1. The highest BCUT2D eigenvalue weighted by Crippen LogP contribution is 2.24. The minimum Gasteiger partial charge on any atom is -0.406 e. The first kappa shape index (κ1) is 14.2. The number of aryl methyl sites for hydroxylation is 1. The number of rotatable bonds is 5. The first-order chi connectivity index (χ1) is 9.48. The lowest BCUT2D eigenvalue weighted by molar-refractivity contribution is -0.274. The topological polar surface area (TPSA) is 39.1 Å². The van der Waals surface area contributed by atoms with Crippen LogP contribution in [0.4, 0.5) is 18.9 Å². The van der Waals surface area contributed by atoms with Gasteiger partial charge in [-0.05, 0) is 37.3 Å². The molecule has 0 bridgehead atoms. The first-order valence-electron chi connectivity index (χ1n) is 6.08. The van der Waals surface area contributed by atoms with E-state index in [4.69, 9.17) is 0 Å². The Morgan fingerprint density at radius 1 is 1.20 bits per heavy atom. The summed E-state index contributed by atoms with van der Waals surface area (Å²) < 4.78 is 41.7. The summed E-state index contributed by atoms with van der Waals surface area (Å²) in [4.78, 5) is 0. The van der Waals surface area contributed by atoms with E-state index in [1.807, 2.05) is 17.7 Å². The number of hydrogen-bond acceptors (Lipinski definition) is 3. The standard InChI is InChI=1S/C13H14F3N3O/c1-2-19-11(7-8-18-19)9-17-10-3-5-12(6-4-10)20-13(14,15)16/h3-8,17H,2,9H2,1H3. The van der Waals surface area contributed by atoms with E-state index in [2.05, 4.69) is 15.2 Å². The smallest absolute Gasteiger partial charge is 0.406 e. The molecule has 0 aliphatic rings. The lowest BCUT2D eigenvalue weighted by Gasteiger charge is -2.11. The summed E-state index contributed by atoms with van der Waals surface area (Å²) in [6.07, 6.45) is -2.96. The largest absolute Gasteiger partial charge is 0.573 e. The number of ether oxygens (including phenoxy) is 1. The molecule has 0 radical (unpaired) electrons. The van der Waals surface area contributed by atoms with Gasteiger partial charge in [0.15, 0.2) is 0 Å². The average Bonchev–Trinajstić information content (AvgIpc) is 2.83. The van der Waals surface area contributed by atoms with Crippen molar-refractivity contribution < 1.29 is 17.9 Å². The summed E-state index contributed by atoms with van der Waals surface area (Å²) in [5.74, 6) is -0.235. The molecular formula is C13H14F3N3O. The van der Waals surface area contributed by atoms with E-state index in [0.29, 0.717) is 12.2 Å². The van der Waals surface area contributed by atoms with Crippen LogP contribution in [0.1, 0.15) is 12.6 Å². The molecule has 0 saturated carbocycles. The fourth-order valence-corrected chi connectivity index (χ4v) is 1.76. The van der Waals surface area contributed by atoms with Gasteiger partial charge in [0.2, 0.25) is 0 Å². The quantitative estimate of drug-likeness (QED) is 0.915. The van der Waals surface area contributed by atoms with Crippen molar-refractivity contribution in [2.45, 2.75) is 26.4 Å². The number of alkyl halides is 3. The van der Waals surface area contributed by atoms with Crippen molar-refractivity contribution in [3.05, 3.63) is 42.2 Å².